The van der Waals surface area contributed by atoms with E-state index < -0.39 is 0 Å². The van der Waals surface area contributed by atoms with Crippen molar-refractivity contribution in [3.63, 3.8) is 0 Å². The second-order valence-electron chi connectivity index (χ2n) is 9.43. The smallest absolute Gasteiger partial charge is 0.306 e. The zero-order valence-corrected chi connectivity index (χ0v) is 19.7. The molecule has 0 amide bonds. The van der Waals surface area contributed by atoms with Crippen LogP contribution in [0.2, 0.25) is 0 Å². The molecule has 1 N–H and O–H groups in total. The lowest BCUT2D eigenvalue weighted by Gasteiger charge is -2.23. The fourth-order valence-electron chi connectivity index (χ4n) is 5.29. The number of carbonyl (C=O) groups excluding carboxylic acids is 1. The number of hydrogen-bond donors (Lipinski definition) is 1. The molecule has 172 valence electrons. The third-order valence-corrected chi connectivity index (χ3v) is 7.13. The SMILES string of the molecule is CCOC(=O)CCc1ccc(C2CCC(NC(C)c3cccc(N4CCCC4)c3)C2)cc1. The maximum Gasteiger partial charge on any atom is 0.306 e. The first-order valence-electron chi connectivity index (χ1n) is 12.5. The molecule has 4 heteroatoms. The molecule has 4 rings (SSSR count). The number of ether oxygens (including phenoxy) is 1. The van der Waals surface area contributed by atoms with Crippen LogP contribution < -0.4 is 10.2 Å². The van der Waals surface area contributed by atoms with E-state index in [1.165, 1.54) is 67.6 Å². The summed E-state index contributed by atoms with van der Waals surface area (Å²) in [6.07, 6.45) is 7.49. The molecule has 1 heterocycles. The minimum absolute atomic E-state index is 0.110. The Hall–Kier alpha value is -2.33. The van der Waals surface area contributed by atoms with Crippen molar-refractivity contribution in [3.05, 3.63) is 65.2 Å². The standard InChI is InChI=1S/C28H38N2O2/c1-3-32-28(31)16-11-22-9-12-23(13-10-22)25-14-15-26(19-25)29-21(2)24-7-6-8-27(20-24)30-17-4-5-18-30/h6-10,12-13,20-21,25-26,29H,3-5,11,14-19H2,1-2H3. The van der Waals surface area contributed by atoms with E-state index in [4.69, 9.17) is 4.74 Å². The van der Waals surface area contributed by atoms with E-state index >= 15 is 0 Å². The van der Waals surface area contributed by atoms with Gasteiger partial charge in [-0.1, -0.05) is 36.4 Å². The van der Waals surface area contributed by atoms with Crippen molar-refractivity contribution in [1.29, 1.82) is 0 Å². The lowest BCUT2D eigenvalue weighted by atomic mass is 9.95. The summed E-state index contributed by atoms with van der Waals surface area (Å²) in [7, 11) is 0. The third kappa shape index (κ3) is 5.92. The number of nitrogens with one attached hydrogen (secondary N) is 1. The zero-order valence-electron chi connectivity index (χ0n) is 19.7. The number of carbonyl (C=O) groups is 1. The second-order valence-corrected chi connectivity index (χ2v) is 9.43. The zero-order chi connectivity index (χ0) is 22.3. The average molecular weight is 435 g/mol. The highest BCUT2D eigenvalue weighted by atomic mass is 16.5. The topological polar surface area (TPSA) is 41.6 Å². The lowest BCUT2D eigenvalue weighted by Crippen LogP contribution is -2.29. The summed E-state index contributed by atoms with van der Waals surface area (Å²) in [4.78, 5) is 14.1. The third-order valence-electron chi connectivity index (χ3n) is 7.13. The predicted octanol–water partition coefficient (Wildman–Crippen LogP) is 5.77. The van der Waals surface area contributed by atoms with E-state index in [2.05, 4.69) is 65.7 Å². The molecule has 0 aromatic heterocycles. The highest BCUT2D eigenvalue weighted by Crippen LogP contribution is 2.36. The van der Waals surface area contributed by atoms with Crippen LogP contribution in [-0.2, 0) is 16.0 Å². The summed E-state index contributed by atoms with van der Waals surface area (Å²) in [5, 5.41) is 3.90. The Morgan fingerprint density at radius 3 is 2.66 bits per heavy atom. The van der Waals surface area contributed by atoms with Crippen molar-refractivity contribution < 1.29 is 9.53 Å². The summed E-state index contributed by atoms with van der Waals surface area (Å²) in [5.74, 6) is 0.510. The average Bonchev–Trinajstić information content (AvgIpc) is 3.51. The van der Waals surface area contributed by atoms with Crippen LogP contribution in [0.4, 0.5) is 5.69 Å². The number of esters is 1. The van der Waals surface area contributed by atoms with Crippen LogP contribution in [0.25, 0.3) is 0 Å². The van der Waals surface area contributed by atoms with Gasteiger partial charge in [-0.2, -0.15) is 0 Å². The van der Waals surface area contributed by atoms with Crippen LogP contribution in [0, 0.1) is 0 Å². The van der Waals surface area contributed by atoms with Gasteiger partial charge in [0.15, 0.2) is 0 Å². The number of anilines is 1. The summed E-state index contributed by atoms with van der Waals surface area (Å²) >= 11 is 0. The van der Waals surface area contributed by atoms with Crippen molar-refractivity contribution in [2.45, 2.75) is 76.8 Å². The maximum absolute atomic E-state index is 11.6. The van der Waals surface area contributed by atoms with Crippen molar-refractivity contribution in [2.24, 2.45) is 0 Å². The molecule has 1 aliphatic carbocycles. The molecule has 1 saturated heterocycles. The first-order valence-corrected chi connectivity index (χ1v) is 12.5. The Bertz CT molecular complexity index is 873. The quantitative estimate of drug-likeness (QED) is 0.509. The Morgan fingerprint density at radius 2 is 1.91 bits per heavy atom. The number of hydrogen-bond acceptors (Lipinski definition) is 4. The Kier molecular flexibility index (Phi) is 7.85. The largest absolute Gasteiger partial charge is 0.466 e. The molecule has 0 bridgehead atoms. The minimum atomic E-state index is -0.110. The van der Waals surface area contributed by atoms with Crippen molar-refractivity contribution in [3.8, 4) is 0 Å². The molecule has 1 aliphatic heterocycles. The van der Waals surface area contributed by atoms with Crippen LogP contribution in [0.3, 0.4) is 0 Å². The number of benzene rings is 2. The molecule has 2 aromatic carbocycles. The summed E-state index contributed by atoms with van der Waals surface area (Å²) in [5.41, 5.74) is 5.41. The van der Waals surface area contributed by atoms with Gasteiger partial charge in [-0.25, -0.2) is 0 Å². The van der Waals surface area contributed by atoms with Crippen molar-refractivity contribution in [1.82, 2.24) is 5.32 Å². The van der Waals surface area contributed by atoms with Crippen LogP contribution >= 0.6 is 0 Å². The van der Waals surface area contributed by atoms with Gasteiger partial charge in [-0.15, -0.1) is 0 Å². The van der Waals surface area contributed by atoms with E-state index in [-0.39, 0.29) is 5.97 Å². The van der Waals surface area contributed by atoms with Crippen LogP contribution in [0.1, 0.15) is 81.0 Å². The summed E-state index contributed by atoms with van der Waals surface area (Å²) in [6.45, 7) is 6.99. The monoisotopic (exact) mass is 434 g/mol. The van der Waals surface area contributed by atoms with E-state index in [0.717, 1.165) is 6.42 Å². The first kappa shape index (κ1) is 22.8. The van der Waals surface area contributed by atoms with Crippen LogP contribution in [0.5, 0.6) is 0 Å². The highest BCUT2D eigenvalue weighted by molar-refractivity contribution is 5.69. The van der Waals surface area contributed by atoms with Gasteiger partial charge in [-0.3, -0.25) is 4.79 Å². The Labute approximate surface area is 193 Å². The number of nitrogens with zero attached hydrogens (tertiary/aromatic N) is 1. The van der Waals surface area contributed by atoms with Crippen molar-refractivity contribution >= 4 is 11.7 Å². The molecular formula is C28H38N2O2. The molecule has 2 aromatic rings. The fourth-order valence-corrected chi connectivity index (χ4v) is 5.29. The lowest BCUT2D eigenvalue weighted by molar-refractivity contribution is -0.143. The highest BCUT2D eigenvalue weighted by Gasteiger charge is 2.27. The van der Waals surface area contributed by atoms with Gasteiger partial charge >= 0.3 is 5.97 Å². The van der Waals surface area contributed by atoms with E-state index in [1.54, 1.807) is 0 Å². The van der Waals surface area contributed by atoms with Gasteiger partial charge in [0.05, 0.1) is 6.61 Å². The molecule has 32 heavy (non-hydrogen) atoms. The van der Waals surface area contributed by atoms with Gasteiger partial charge < -0.3 is 15.0 Å². The second kappa shape index (κ2) is 11.0. The van der Waals surface area contributed by atoms with E-state index in [9.17, 15) is 4.79 Å². The van der Waals surface area contributed by atoms with E-state index in [0.29, 0.717) is 31.0 Å². The number of rotatable bonds is 9. The summed E-state index contributed by atoms with van der Waals surface area (Å²) in [6, 6.07) is 18.9. The maximum atomic E-state index is 11.6. The van der Waals surface area contributed by atoms with Crippen LogP contribution in [0.15, 0.2) is 48.5 Å². The number of aryl methyl sites for hydroxylation is 1. The molecule has 2 fully saturated rings. The van der Waals surface area contributed by atoms with Gasteiger partial charge in [0.2, 0.25) is 0 Å². The Balaban J connectivity index is 1.28. The molecule has 2 aliphatic rings. The molecule has 3 atom stereocenters. The van der Waals surface area contributed by atoms with Crippen molar-refractivity contribution in [2.75, 3.05) is 24.6 Å². The minimum Gasteiger partial charge on any atom is -0.466 e. The van der Waals surface area contributed by atoms with Gasteiger partial charge in [0.1, 0.15) is 0 Å². The normalized spacial score (nSPS) is 21.6. The van der Waals surface area contributed by atoms with Gasteiger partial charge in [0.25, 0.3) is 0 Å². The van der Waals surface area contributed by atoms with E-state index in [1.807, 2.05) is 6.92 Å². The first-order chi connectivity index (χ1) is 15.6. The predicted molar refractivity (Wildman–Crippen MR) is 131 cm³/mol. The molecular weight excluding hydrogens is 396 g/mol. The molecule has 1 saturated carbocycles. The molecule has 0 radical (unpaired) electrons. The summed E-state index contributed by atoms with van der Waals surface area (Å²) < 4.78 is 5.03. The Morgan fingerprint density at radius 1 is 1.12 bits per heavy atom. The molecule has 3 unspecified atom stereocenters. The fraction of sp³-hybridized carbons (Fsp3) is 0.536. The van der Waals surface area contributed by atoms with Gasteiger partial charge in [-0.05, 0) is 87.1 Å². The van der Waals surface area contributed by atoms with Crippen LogP contribution in [-0.4, -0.2) is 31.7 Å². The molecule has 0 spiro atoms. The van der Waals surface area contributed by atoms with Gasteiger partial charge in [0, 0.05) is 37.3 Å². The molecule has 4 nitrogen and oxygen atoms in total.